The zero-order chi connectivity index (χ0) is 23.4. The third-order valence-electron chi connectivity index (χ3n) is 4.21. The van der Waals surface area contributed by atoms with Crippen molar-refractivity contribution in [3.8, 4) is 0 Å². The van der Waals surface area contributed by atoms with Gasteiger partial charge in [-0.2, -0.15) is 26.3 Å². The molecule has 2 rings (SSSR count). The molecule has 0 radical (unpaired) electrons. The van der Waals surface area contributed by atoms with Gasteiger partial charge in [-0.15, -0.1) is 0 Å². The quantitative estimate of drug-likeness (QED) is 0.688. The first-order valence-electron chi connectivity index (χ1n) is 8.85. The number of rotatable bonds is 6. The molecular weight excluding hydrogens is 432 g/mol. The molecule has 1 N–H and O–H groups in total. The van der Waals surface area contributed by atoms with E-state index in [0.717, 1.165) is 35.4 Å². The van der Waals surface area contributed by atoms with Crippen molar-refractivity contribution in [2.45, 2.75) is 25.8 Å². The Kier molecular flexibility index (Phi) is 7.13. The summed E-state index contributed by atoms with van der Waals surface area (Å²) >= 11 is 0. The number of halogens is 6. The van der Waals surface area contributed by atoms with Crippen molar-refractivity contribution in [3.05, 3.63) is 64.1 Å². The number of alkyl halides is 6. The van der Waals surface area contributed by atoms with Crippen LogP contribution >= 0.6 is 0 Å². The van der Waals surface area contributed by atoms with Gasteiger partial charge in [0.25, 0.3) is 5.56 Å². The summed E-state index contributed by atoms with van der Waals surface area (Å²) in [5, 5.41) is 2.07. The molecular formula is C19H17F6N3O3. The number of benzene rings is 1. The number of carbonyl (C=O) groups excluding carboxylic acids is 2. The van der Waals surface area contributed by atoms with Crippen LogP contribution in [0.25, 0.3) is 0 Å². The molecule has 31 heavy (non-hydrogen) atoms. The number of hydrogen-bond donors (Lipinski definition) is 1. The monoisotopic (exact) mass is 449 g/mol. The molecule has 0 saturated carbocycles. The Hall–Kier alpha value is -3.31. The predicted molar refractivity (Wildman–Crippen MR) is 98.0 cm³/mol. The van der Waals surface area contributed by atoms with Gasteiger partial charge in [0.1, 0.15) is 12.1 Å². The Morgan fingerprint density at radius 2 is 1.55 bits per heavy atom. The van der Waals surface area contributed by atoms with E-state index in [2.05, 4.69) is 5.32 Å². The van der Waals surface area contributed by atoms with Crippen molar-refractivity contribution in [2.75, 3.05) is 18.4 Å². The maximum absolute atomic E-state index is 13.0. The fourth-order valence-electron chi connectivity index (χ4n) is 2.70. The molecule has 0 aliphatic carbocycles. The van der Waals surface area contributed by atoms with E-state index >= 15 is 0 Å². The van der Waals surface area contributed by atoms with Gasteiger partial charge in [0.15, 0.2) is 0 Å². The first kappa shape index (κ1) is 24.0. The van der Waals surface area contributed by atoms with Crippen LogP contribution in [0.1, 0.15) is 18.1 Å². The third kappa shape index (κ3) is 6.09. The summed E-state index contributed by atoms with van der Waals surface area (Å²) in [6.07, 6.45) is -8.63. The SMILES string of the molecule is CCN(CC(=O)Nc1ccccc1C(F)(F)F)C(=O)Cn1cccc(C(F)(F)F)c1=O. The van der Waals surface area contributed by atoms with E-state index in [0.29, 0.717) is 10.6 Å². The molecule has 168 valence electrons. The lowest BCUT2D eigenvalue weighted by molar-refractivity contribution is -0.139. The number of hydrogen-bond acceptors (Lipinski definition) is 3. The van der Waals surface area contributed by atoms with Gasteiger partial charge in [-0.3, -0.25) is 14.4 Å². The zero-order valence-electron chi connectivity index (χ0n) is 16.0. The van der Waals surface area contributed by atoms with Crippen molar-refractivity contribution < 1.29 is 35.9 Å². The average molecular weight is 449 g/mol. The highest BCUT2D eigenvalue weighted by Crippen LogP contribution is 2.34. The summed E-state index contributed by atoms with van der Waals surface area (Å²) in [5.74, 6) is -1.80. The standard InChI is InChI=1S/C19H17F6N3O3/c1-2-27(10-15(29)26-14-8-4-3-6-12(14)18(20,21)22)16(30)11-28-9-5-7-13(17(28)31)19(23,24)25/h3-9H,2,10-11H2,1H3,(H,26,29). The van der Waals surface area contributed by atoms with Gasteiger partial charge in [0.05, 0.1) is 17.8 Å². The Bertz CT molecular complexity index is 1010. The van der Waals surface area contributed by atoms with Crippen molar-refractivity contribution in [1.82, 2.24) is 9.47 Å². The molecule has 2 aromatic rings. The van der Waals surface area contributed by atoms with E-state index in [-0.39, 0.29) is 6.54 Å². The molecule has 0 aliphatic heterocycles. The fraction of sp³-hybridized carbons (Fsp3) is 0.316. The number of nitrogens with one attached hydrogen (secondary N) is 1. The first-order valence-corrected chi connectivity index (χ1v) is 8.85. The van der Waals surface area contributed by atoms with E-state index < -0.39 is 59.6 Å². The minimum atomic E-state index is -4.90. The number of nitrogens with zero attached hydrogens (tertiary/aromatic N) is 2. The molecule has 0 spiro atoms. The number of likely N-dealkylation sites (N-methyl/N-ethyl adjacent to an activating group) is 1. The summed E-state index contributed by atoms with van der Waals surface area (Å²) in [7, 11) is 0. The van der Waals surface area contributed by atoms with Crippen molar-refractivity contribution in [3.63, 3.8) is 0 Å². The molecule has 0 saturated heterocycles. The summed E-state index contributed by atoms with van der Waals surface area (Å²) in [6, 6.07) is 5.78. The highest BCUT2D eigenvalue weighted by Gasteiger charge is 2.35. The minimum Gasteiger partial charge on any atom is -0.332 e. The van der Waals surface area contributed by atoms with E-state index in [9.17, 15) is 40.7 Å². The summed E-state index contributed by atoms with van der Waals surface area (Å²) in [6.45, 7) is -0.0388. The second kappa shape index (κ2) is 9.23. The Labute approximate surface area is 172 Å². The maximum atomic E-state index is 13.0. The smallest absolute Gasteiger partial charge is 0.332 e. The predicted octanol–water partition coefficient (Wildman–Crippen LogP) is 3.37. The number of amides is 2. The van der Waals surface area contributed by atoms with Crippen LogP contribution in [0.2, 0.25) is 0 Å². The van der Waals surface area contributed by atoms with Crippen LogP contribution in [0, 0.1) is 0 Å². The van der Waals surface area contributed by atoms with Crippen LogP contribution in [-0.2, 0) is 28.5 Å². The second-order valence-corrected chi connectivity index (χ2v) is 6.35. The first-order chi connectivity index (χ1) is 14.3. The molecule has 0 bridgehead atoms. The van der Waals surface area contributed by atoms with E-state index in [4.69, 9.17) is 0 Å². The summed E-state index contributed by atoms with van der Waals surface area (Å²) in [4.78, 5) is 37.4. The highest BCUT2D eigenvalue weighted by molar-refractivity contribution is 5.95. The topological polar surface area (TPSA) is 71.4 Å². The van der Waals surface area contributed by atoms with Gasteiger partial charge in [-0.1, -0.05) is 12.1 Å². The fourth-order valence-corrected chi connectivity index (χ4v) is 2.70. The highest BCUT2D eigenvalue weighted by atomic mass is 19.4. The van der Waals surface area contributed by atoms with Gasteiger partial charge in [-0.05, 0) is 31.2 Å². The van der Waals surface area contributed by atoms with E-state index in [1.54, 1.807) is 0 Å². The molecule has 1 aromatic carbocycles. The normalized spacial score (nSPS) is 11.8. The lowest BCUT2D eigenvalue weighted by Gasteiger charge is -2.22. The number of carbonyl (C=O) groups is 2. The van der Waals surface area contributed by atoms with Gasteiger partial charge in [0.2, 0.25) is 11.8 Å². The van der Waals surface area contributed by atoms with Crippen molar-refractivity contribution in [1.29, 1.82) is 0 Å². The molecule has 0 fully saturated rings. The molecule has 1 heterocycles. The van der Waals surface area contributed by atoms with E-state index in [1.165, 1.54) is 13.0 Å². The average Bonchev–Trinajstić information content (AvgIpc) is 2.66. The van der Waals surface area contributed by atoms with Crippen LogP contribution in [0.3, 0.4) is 0 Å². The van der Waals surface area contributed by atoms with Crippen LogP contribution in [0.4, 0.5) is 32.0 Å². The largest absolute Gasteiger partial charge is 0.421 e. The lowest BCUT2D eigenvalue weighted by Crippen LogP contribution is -2.41. The molecule has 0 atom stereocenters. The van der Waals surface area contributed by atoms with Crippen LogP contribution in [-0.4, -0.2) is 34.4 Å². The Morgan fingerprint density at radius 1 is 0.968 bits per heavy atom. The lowest BCUT2D eigenvalue weighted by atomic mass is 10.1. The van der Waals surface area contributed by atoms with E-state index in [1.807, 2.05) is 0 Å². The molecule has 0 unspecified atom stereocenters. The zero-order valence-corrected chi connectivity index (χ0v) is 16.0. The summed E-state index contributed by atoms with van der Waals surface area (Å²) < 4.78 is 78.2. The number of para-hydroxylation sites is 1. The number of anilines is 1. The molecule has 6 nitrogen and oxygen atoms in total. The Morgan fingerprint density at radius 3 is 2.13 bits per heavy atom. The van der Waals surface area contributed by atoms with Gasteiger partial charge in [-0.25, -0.2) is 0 Å². The van der Waals surface area contributed by atoms with Crippen LogP contribution in [0.5, 0.6) is 0 Å². The van der Waals surface area contributed by atoms with Crippen molar-refractivity contribution >= 4 is 17.5 Å². The van der Waals surface area contributed by atoms with Gasteiger partial charge < -0.3 is 14.8 Å². The van der Waals surface area contributed by atoms with Gasteiger partial charge >= 0.3 is 12.4 Å². The molecule has 12 heteroatoms. The molecule has 0 aliphatic rings. The number of pyridine rings is 1. The Balaban J connectivity index is 2.13. The van der Waals surface area contributed by atoms with Crippen molar-refractivity contribution in [2.24, 2.45) is 0 Å². The maximum Gasteiger partial charge on any atom is 0.421 e. The number of aromatic nitrogens is 1. The molecule has 2 amide bonds. The van der Waals surface area contributed by atoms with Gasteiger partial charge in [0, 0.05) is 12.7 Å². The third-order valence-corrected chi connectivity index (χ3v) is 4.21. The van der Waals surface area contributed by atoms with Crippen LogP contribution < -0.4 is 10.9 Å². The van der Waals surface area contributed by atoms with Crippen LogP contribution in [0.15, 0.2) is 47.4 Å². The minimum absolute atomic E-state index is 0.0686. The summed E-state index contributed by atoms with van der Waals surface area (Å²) in [5.41, 5.74) is -4.46. The molecule has 1 aromatic heterocycles. The second-order valence-electron chi connectivity index (χ2n) is 6.35.